The van der Waals surface area contributed by atoms with Crippen molar-refractivity contribution in [3.63, 3.8) is 0 Å². The molecule has 3 N–H and O–H groups in total. The van der Waals surface area contributed by atoms with E-state index in [-0.39, 0.29) is 11.3 Å². The van der Waals surface area contributed by atoms with Crippen molar-refractivity contribution in [1.29, 1.82) is 0 Å². The Morgan fingerprint density at radius 3 is 2.87 bits per heavy atom. The minimum atomic E-state index is 0.228. The van der Waals surface area contributed by atoms with E-state index in [1.807, 2.05) is 0 Å². The summed E-state index contributed by atoms with van der Waals surface area (Å²) in [4.78, 5) is 2.19. The lowest BCUT2D eigenvalue weighted by Crippen LogP contribution is -2.33. The van der Waals surface area contributed by atoms with Gasteiger partial charge in [-0.15, -0.1) is 0 Å². The van der Waals surface area contributed by atoms with Gasteiger partial charge in [-0.1, -0.05) is 19.0 Å². The highest BCUT2D eigenvalue weighted by Gasteiger charge is 2.39. The number of hydrogen-bond donors (Lipinski definition) is 2. The van der Waals surface area contributed by atoms with Crippen LogP contribution in [-0.4, -0.2) is 49.3 Å². The molecule has 0 aromatic carbocycles. The van der Waals surface area contributed by atoms with Crippen molar-refractivity contribution >= 4 is 5.84 Å². The van der Waals surface area contributed by atoms with E-state index in [2.05, 4.69) is 23.9 Å². The zero-order valence-corrected chi connectivity index (χ0v) is 9.73. The zero-order chi connectivity index (χ0) is 11.5. The van der Waals surface area contributed by atoms with Crippen LogP contribution in [0.1, 0.15) is 13.8 Å². The molecule has 0 aromatic heterocycles. The molecule has 1 heterocycles. The van der Waals surface area contributed by atoms with Gasteiger partial charge in [0.05, 0.1) is 13.2 Å². The molecule has 1 unspecified atom stereocenters. The number of nitrogens with two attached hydrogens (primary N) is 1. The normalized spacial score (nSPS) is 27.1. The average Bonchev–Trinajstić information content (AvgIpc) is 2.42. The predicted octanol–water partition coefficient (Wildman–Crippen LogP) is 0.337. The van der Waals surface area contributed by atoms with Gasteiger partial charge in [0, 0.05) is 26.1 Å². The molecule has 0 spiro atoms. The summed E-state index contributed by atoms with van der Waals surface area (Å²) in [6.45, 7) is 7.64. The molecule has 0 amide bonds. The van der Waals surface area contributed by atoms with E-state index in [0.29, 0.717) is 12.5 Å². The summed E-state index contributed by atoms with van der Waals surface area (Å²) < 4.78 is 5.20. The molecular formula is C10H21N3O2. The predicted molar refractivity (Wildman–Crippen MR) is 59.0 cm³/mol. The minimum absolute atomic E-state index is 0.228. The molecule has 88 valence electrons. The molecule has 0 radical (unpaired) electrons. The number of nitrogens with zero attached hydrogens (tertiary/aromatic N) is 2. The van der Waals surface area contributed by atoms with Gasteiger partial charge in [-0.3, -0.25) is 4.90 Å². The van der Waals surface area contributed by atoms with Crippen LogP contribution in [0.3, 0.4) is 0 Å². The molecule has 5 heteroatoms. The van der Waals surface area contributed by atoms with Gasteiger partial charge in [0.15, 0.2) is 5.84 Å². The fourth-order valence-electron chi connectivity index (χ4n) is 2.19. The second-order valence-corrected chi connectivity index (χ2v) is 4.90. The topological polar surface area (TPSA) is 71.1 Å². The SMILES string of the molecule is COCC1CN(C/C(N)=N/O)CC1(C)C. The molecule has 1 rings (SSSR count). The van der Waals surface area contributed by atoms with Crippen molar-refractivity contribution in [2.75, 3.05) is 33.4 Å². The van der Waals surface area contributed by atoms with Crippen LogP contribution < -0.4 is 5.73 Å². The number of methoxy groups -OCH3 is 1. The van der Waals surface area contributed by atoms with Crippen LogP contribution in [0.25, 0.3) is 0 Å². The summed E-state index contributed by atoms with van der Waals surface area (Å²) in [5.74, 6) is 0.776. The fraction of sp³-hybridized carbons (Fsp3) is 0.900. The van der Waals surface area contributed by atoms with Crippen molar-refractivity contribution in [2.24, 2.45) is 22.2 Å². The molecule has 0 aromatic rings. The second kappa shape index (κ2) is 4.81. The van der Waals surface area contributed by atoms with Gasteiger partial charge >= 0.3 is 0 Å². The molecule has 1 fully saturated rings. The minimum Gasteiger partial charge on any atom is -0.409 e. The number of ether oxygens (including phenoxy) is 1. The van der Waals surface area contributed by atoms with E-state index >= 15 is 0 Å². The Hall–Kier alpha value is -0.810. The second-order valence-electron chi connectivity index (χ2n) is 4.90. The number of oxime groups is 1. The standard InChI is InChI=1S/C10H21N3O2/c1-10(2)7-13(5-9(11)12-14)4-8(10)6-15-3/h8,14H,4-7H2,1-3H3,(H2,11,12). The zero-order valence-electron chi connectivity index (χ0n) is 9.73. The fourth-order valence-corrected chi connectivity index (χ4v) is 2.19. The lowest BCUT2D eigenvalue weighted by molar-refractivity contribution is 0.112. The maximum Gasteiger partial charge on any atom is 0.153 e. The van der Waals surface area contributed by atoms with Crippen molar-refractivity contribution in [3.05, 3.63) is 0 Å². The Morgan fingerprint density at radius 2 is 2.33 bits per heavy atom. The van der Waals surface area contributed by atoms with E-state index < -0.39 is 0 Å². The van der Waals surface area contributed by atoms with Crippen molar-refractivity contribution < 1.29 is 9.94 Å². The van der Waals surface area contributed by atoms with Crippen LogP contribution in [0.15, 0.2) is 5.16 Å². The van der Waals surface area contributed by atoms with Gasteiger partial charge in [0.1, 0.15) is 0 Å². The van der Waals surface area contributed by atoms with E-state index in [9.17, 15) is 0 Å². The summed E-state index contributed by atoms with van der Waals surface area (Å²) in [5.41, 5.74) is 5.72. The smallest absolute Gasteiger partial charge is 0.153 e. The highest BCUT2D eigenvalue weighted by Crippen LogP contribution is 2.34. The Balaban J connectivity index is 2.54. The van der Waals surface area contributed by atoms with Crippen molar-refractivity contribution in [1.82, 2.24) is 4.90 Å². The van der Waals surface area contributed by atoms with Gasteiger partial charge in [0.25, 0.3) is 0 Å². The average molecular weight is 215 g/mol. The molecule has 1 aliphatic rings. The molecule has 1 saturated heterocycles. The van der Waals surface area contributed by atoms with Crippen molar-refractivity contribution in [2.45, 2.75) is 13.8 Å². The molecule has 1 aliphatic heterocycles. The van der Waals surface area contributed by atoms with Crippen LogP contribution in [0.4, 0.5) is 0 Å². The quantitative estimate of drug-likeness (QED) is 0.307. The lowest BCUT2D eigenvalue weighted by atomic mass is 9.83. The largest absolute Gasteiger partial charge is 0.409 e. The molecule has 5 nitrogen and oxygen atoms in total. The first-order valence-corrected chi connectivity index (χ1v) is 5.17. The van der Waals surface area contributed by atoms with E-state index in [1.165, 1.54) is 0 Å². The number of likely N-dealkylation sites (tertiary alicyclic amines) is 1. The van der Waals surface area contributed by atoms with E-state index in [1.54, 1.807) is 7.11 Å². The summed E-state index contributed by atoms with van der Waals surface area (Å²) in [6, 6.07) is 0. The lowest BCUT2D eigenvalue weighted by Gasteiger charge is -2.24. The molecule has 0 saturated carbocycles. The highest BCUT2D eigenvalue weighted by molar-refractivity contribution is 5.81. The van der Waals surface area contributed by atoms with Gasteiger partial charge < -0.3 is 15.7 Å². The maximum atomic E-state index is 8.51. The molecule has 0 bridgehead atoms. The van der Waals surface area contributed by atoms with E-state index in [0.717, 1.165) is 19.7 Å². The number of rotatable bonds is 4. The van der Waals surface area contributed by atoms with Crippen molar-refractivity contribution in [3.8, 4) is 0 Å². The Bertz CT molecular complexity index is 241. The highest BCUT2D eigenvalue weighted by atomic mass is 16.5. The van der Waals surface area contributed by atoms with Gasteiger partial charge in [-0.2, -0.15) is 0 Å². The molecule has 1 atom stereocenters. The first-order valence-electron chi connectivity index (χ1n) is 5.17. The van der Waals surface area contributed by atoms with Crippen LogP contribution in [-0.2, 0) is 4.74 Å². The Morgan fingerprint density at radius 1 is 1.67 bits per heavy atom. The van der Waals surface area contributed by atoms with Gasteiger partial charge in [-0.05, 0) is 5.41 Å². The van der Waals surface area contributed by atoms with Crippen LogP contribution in [0, 0.1) is 11.3 Å². The summed E-state index contributed by atoms with van der Waals surface area (Å²) in [6.07, 6.45) is 0. The molecular weight excluding hydrogens is 194 g/mol. The Kier molecular flexibility index (Phi) is 3.93. The van der Waals surface area contributed by atoms with Gasteiger partial charge in [0.2, 0.25) is 0 Å². The maximum absolute atomic E-state index is 8.51. The third-order valence-electron chi connectivity index (χ3n) is 3.10. The summed E-state index contributed by atoms with van der Waals surface area (Å²) in [5, 5.41) is 11.5. The van der Waals surface area contributed by atoms with Crippen LogP contribution in [0.5, 0.6) is 0 Å². The van der Waals surface area contributed by atoms with Gasteiger partial charge in [-0.25, -0.2) is 0 Å². The molecule has 15 heavy (non-hydrogen) atoms. The monoisotopic (exact) mass is 215 g/mol. The van der Waals surface area contributed by atoms with Crippen LogP contribution in [0.2, 0.25) is 0 Å². The van der Waals surface area contributed by atoms with Crippen LogP contribution >= 0.6 is 0 Å². The third kappa shape index (κ3) is 3.07. The first-order chi connectivity index (χ1) is 6.99. The molecule has 0 aliphatic carbocycles. The summed E-state index contributed by atoms with van der Waals surface area (Å²) in [7, 11) is 1.72. The van der Waals surface area contributed by atoms with E-state index in [4.69, 9.17) is 15.7 Å². The Labute approximate surface area is 90.9 Å². The number of hydrogen-bond acceptors (Lipinski definition) is 4. The number of amidine groups is 1. The third-order valence-corrected chi connectivity index (χ3v) is 3.10. The summed E-state index contributed by atoms with van der Waals surface area (Å²) >= 11 is 0. The first kappa shape index (κ1) is 12.3.